The van der Waals surface area contributed by atoms with Crippen molar-refractivity contribution in [2.45, 2.75) is 5.09 Å². The van der Waals surface area contributed by atoms with E-state index in [1.807, 2.05) is 0 Å². The molecule has 0 bridgehead atoms. The molecule has 1 aromatic rings. The highest BCUT2D eigenvalue weighted by Crippen LogP contribution is 2.09. The third kappa shape index (κ3) is 1.66. The van der Waals surface area contributed by atoms with Crippen molar-refractivity contribution in [3.05, 3.63) is 17.9 Å². The maximum Gasteiger partial charge on any atom is 0.271 e. The van der Waals surface area contributed by atoms with E-state index in [1.54, 1.807) is 0 Å². The number of furan rings is 1. The number of hydrogen-bond donors (Lipinski definition) is 1. The highest BCUT2D eigenvalue weighted by molar-refractivity contribution is 7.89. The molecule has 1 aromatic heterocycles. The molecule has 2 N–H and O–H groups in total. The van der Waals surface area contributed by atoms with Gasteiger partial charge in [0.05, 0.1) is 5.56 Å². The second-order valence-electron chi connectivity index (χ2n) is 1.86. The zero-order chi connectivity index (χ0) is 8.48. The molecule has 0 amide bonds. The molecular formula is C5H5NO4S. The van der Waals surface area contributed by atoms with E-state index in [-0.39, 0.29) is 5.56 Å². The first-order chi connectivity index (χ1) is 5.04. The van der Waals surface area contributed by atoms with Crippen molar-refractivity contribution in [2.24, 2.45) is 5.14 Å². The molecule has 0 aliphatic rings. The number of primary sulfonamides is 1. The monoisotopic (exact) mass is 175 g/mol. The zero-order valence-electron chi connectivity index (χ0n) is 5.35. The number of carbonyl (C=O) groups excluding carboxylic acids is 1. The SMILES string of the molecule is NS(=O)(=O)c1cc(C=O)co1. The lowest BCUT2D eigenvalue weighted by Crippen LogP contribution is -2.10. The van der Waals surface area contributed by atoms with Crippen LogP contribution in [0.4, 0.5) is 0 Å². The van der Waals surface area contributed by atoms with Gasteiger partial charge in [-0.25, -0.2) is 13.6 Å². The van der Waals surface area contributed by atoms with Crippen LogP contribution in [-0.4, -0.2) is 14.7 Å². The van der Waals surface area contributed by atoms with Gasteiger partial charge in [0.15, 0.2) is 6.29 Å². The summed E-state index contributed by atoms with van der Waals surface area (Å²) in [6, 6.07) is 1.06. The van der Waals surface area contributed by atoms with Crippen molar-refractivity contribution >= 4 is 16.3 Å². The Morgan fingerprint density at radius 1 is 1.55 bits per heavy atom. The molecule has 5 nitrogen and oxygen atoms in total. The number of aldehydes is 1. The highest BCUT2D eigenvalue weighted by Gasteiger charge is 2.12. The molecule has 0 atom stereocenters. The first-order valence-electron chi connectivity index (χ1n) is 2.60. The van der Waals surface area contributed by atoms with Gasteiger partial charge in [-0.3, -0.25) is 4.79 Å². The molecule has 0 aliphatic heterocycles. The summed E-state index contributed by atoms with van der Waals surface area (Å²) in [4.78, 5) is 10.1. The second-order valence-corrected chi connectivity index (χ2v) is 3.35. The summed E-state index contributed by atoms with van der Waals surface area (Å²) in [6.45, 7) is 0. The highest BCUT2D eigenvalue weighted by atomic mass is 32.2. The number of nitrogens with two attached hydrogens (primary N) is 1. The van der Waals surface area contributed by atoms with E-state index in [9.17, 15) is 13.2 Å². The third-order valence-corrected chi connectivity index (χ3v) is 1.79. The molecule has 0 aromatic carbocycles. The molecule has 0 radical (unpaired) electrons. The molecule has 0 fully saturated rings. The molecule has 0 aliphatic carbocycles. The van der Waals surface area contributed by atoms with E-state index in [0.29, 0.717) is 6.29 Å². The molecular weight excluding hydrogens is 170 g/mol. The molecule has 60 valence electrons. The number of rotatable bonds is 2. The summed E-state index contributed by atoms with van der Waals surface area (Å²) in [7, 11) is -3.82. The second kappa shape index (κ2) is 2.48. The molecule has 1 rings (SSSR count). The minimum absolute atomic E-state index is 0.147. The Labute approximate surface area is 62.9 Å². The molecule has 0 spiro atoms. The Kier molecular flexibility index (Phi) is 1.79. The lowest BCUT2D eigenvalue weighted by Gasteiger charge is -1.86. The number of carbonyl (C=O) groups is 1. The lowest BCUT2D eigenvalue weighted by atomic mass is 10.4. The fourth-order valence-corrected chi connectivity index (χ4v) is 1.02. The number of hydrogen-bond acceptors (Lipinski definition) is 4. The predicted molar refractivity (Wildman–Crippen MR) is 35.5 cm³/mol. The van der Waals surface area contributed by atoms with E-state index < -0.39 is 15.1 Å². The Morgan fingerprint density at radius 2 is 2.18 bits per heavy atom. The Balaban J connectivity index is 3.18. The van der Waals surface area contributed by atoms with Gasteiger partial charge in [0.1, 0.15) is 6.26 Å². The van der Waals surface area contributed by atoms with Gasteiger partial charge in [-0.15, -0.1) is 0 Å². The molecule has 6 heteroatoms. The van der Waals surface area contributed by atoms with Crippen LogP contribution in [0.1, 0.15) is 10.4 Å². The summed E-state index contributed by atoms with van der Waals surface area (Å²) in [5, 5.41) is 4.28. The topological polar surface area (TPSA) is 90.4 Å². The maximum absolute atomic E-state index is 10.5. The summed E-state index contributed by atoms with van der Waals surface area (Å²) in [5.41, 5.74) is 0.147. The van der Waals surface area contributed by atoms with E-state index >= 15 is 0 Å². The first kappa shape index (κ1) is 7.96. The van der Waals surface area contributed by atoms with E-state index in [4.69, 9.17) is 0 Å². The Hall–Kier alpha value is -1.14. The van der Waals surface area contributed by atoms with Crippen LogP contribution < -0.4 is 5.14 Å². The van der Waals surface area contributed by atoms with Crippen LogP contribution in [0, 0.1) is 0 Å². The first-order valence-corrected chi connectivity index (χ1v) is 4.15. The average Bonchev–Trinajstić information content (AvgIpc) is 2.32. The third-order valence-electron chi connectivity index (χ3n) is 1.01. The van der Waals surface area contributed by atoms with Crippen LogP contribution in [-0.2, 0) is 10.0 Å². The van der Waals surface area contributed by atoms with Gasteiger partial charge < -0.3 is 4.42 Å². The summed E-state index contributed by atoms with van der Waals surface area (Å²) in [6.07, 6.45) is 1.49. The molecule has 0 saturated carbocycles. The van der Waals surface area contributed by atoms with Crippen molar-refractivity contribution in [1.29, 1.82) is 0 Å². The van der Waals surface area contributed by atoms with Crippen LogP contribution in [0.2, 0.25) is 0 Å². The van der Waals surface area contributed by atoms with Crippen molar-refractivity contribution in [3.8, 4) is 0 Å². The normalized spacial score (nSPS) is 11.4. The van der Waals surface area contributed by atoms with Crippen molar-refractivity contribution < 1.29 is 17.6 Å². The summed E-state index contributed by atoms with van der Waals surface area (Å²) >= 11 is 0. The summed E-state index contributed by atoms with van der Waals surface area (Å²) < 4.78 is 25.5. The number of sulfonamides is 1. The summed E-state index contributed by atoms with van der Waals surface area (Å²) in [5.74, 6) is 0. The molecule has 0 saturated heterocycles. The van der Waals surface area contributed by atoms with Gasteiger partial charge in [-0.2, -0.15) is 0 Å². The van der Waals surface area contributed by atoms with Gasteiger partial charge in [-0.1, -0.05) is 0 Å². The molecule has 0 unspecified atom stereocenters. The van der Waals surface area contributed by atoms with Crippen LogP contribution in [0.5, 0.6) is 0 Å². The average molecular weight is 175 g/mol. The van der Waals surface area contributed by atoms with Crippen molar-refractivity contribution in [2.75, 3.05) is 0 Å². The fourth-order valence-electron chi connectivity index (χ4n) is 0.541. The predicted octanol–water partition coefficient (Wildman–Crippen LogP) is -0.260. The smallest absolute Gasteiger partial charge is 0.271 e. The van der Waals surface area contributed by atoms with Crippen LogP contribution >= 0.6 is 0 Å². The lowest BCUT2D eigenvalue weighted by molar-refractivity contribution is 0.112. The Bertz CT molecular complexity index is 364. The minimum Gasteiger partial charge on any atom is -0.451 e. The Morgan fingerprint density at radius 3 is 2.45 bits per heavy atom. The largest absolute Gasteiger partial charge is 0.451 e. The maximum atomic E-state index is 10.5. The van der Waals surface area contributed by atoms with Gasteiger partial charge in [0, 0.05) is 6.07 Å². The van der Waals surface area contributed by atoms with E-state index in [0.717, 1.165) is 12.3 Å². The van der Waals surface area contributed by atoms with Crippen LogP contribution in [0.25, 0.3) is 0 Å². The van der Waals surface area contributed by atoms with Crippen molar-refractivity contribution in [3.63, 3.8) is 0 Å². The standard InChI is InChI=1S/C5H5NO4S/c6-11(8,9)5-1-4(2-7)3-10-5/h1-3H,(H2,6,8,9). The van der Waals surface area contributed by atoms with Gasteiger partial charge >= 0.3 is 0 Å². The van der Waals surface area contributed by atoms with E-state index in [2.05, 4.69) is 9.56 Å². The van der Waals surface area contributed by atoms with Gasteiger partial charge in [-0.05, 0) is 0 Å². The zero-order valence-corrected chi connectivity index (χ0v) is 6.17. The van der Waals surface area contributed by atoms with Crippen molar-refractivity contribution in [1.82, 2.24) is 0 Å². The molecule has 11 heavy (non-hydrogen) atoms. The minimum atomic E-state index is -3.82. The van der Waals surface area contributed by atoms with Gasteiger partial charge in [0.2, 0.25) is 5.09 Å². The van der Waals surface area contributed by atoms with E-state index in [1.165, 1.54) is 0 Å². The molecule has 1 heterocycles. The van der Waals surface area contributed by atoms with Crippen LogP contribution in [0.3, 0.4) is 0 Å². The quantitative estimate of drug-likeness (QED) is 0.627. The fraction of sp³-hybridized carbons (Fsp3) is 0. The van der Waals surface area contributed by atoms with Gasteiger partial charge in [0.25, 0.3) is 10.0 Å². The van der Waals surface area contributed by atoms with Crippen LogP contribution in [0.15, 0.2) is 21.8 Å².